The van der Waals surface area contributed by atoms with E-state index in [4.69, 9.17) is 0 Å². The van der Waals surface area contributed by atoms with Gasteiger partial charge in [0.1, 0.15) is 5.82 Å². The van der Waals surface area contributed by atoms with Gasteiger partial charge in [0.25, 0.3) is 5.91 Å². The number of fused-ring (bicyclic) bond motifs is 1. The number of aryl methyl sites for hydroxylation is 2. The SMILES string of the molecule is Cc1nc(C(C)(C)NC(=O)c2cn(C)c3ccccc23)n[nH]1. The van der Waals surface area contributed by atoms with Gasteiger partial charge >= 0.3 is 0 Å². The summed E-state index contributed by atoms with van der Waals surface area (Å²) in [6.45, 7) is 5.61. The number of nitrogens with one attached hydrogen (secondary N) is 2. The fraction of sp³-hybridized carbons (Fsp3) is 0.312. The zero-order valence-corrected chi connectivity index (χ0v) is 13.1. The highest BCUT2D eigenvalue weighted by molar-refractivity contribution is 6.07. The van der Waals surface area contributed by atoms with Crippen LogP contribution in [0, 0.1) is 6.92 Å². The van der Waals surface area contributed by atoms with Crippen LogP contribution in [0.1, 0.15) is 35.9 Å². The van der Waals surface area contributed by atoms with Gasteiger partial charge in [-0.2, -0.15) is 5.10 Å². The van der Waals surface area contributed by atoms with Gasteiger partial charge in [0.05, 0.1) is 11.1 Å². The fourth-order valence-corrected chi connectivity index (χ4v) is 2.55. The van der Waals surface area contributed by atoms with E-state index in [1.807, 2.05) is 62.8 Å². The van der Waals surface area contributed by atoms with Gasteiger partial charge in [-0.1, -0.05) is 18.2 Å². The van der Waals surface area contributed by atoms with Crippen LogP contribution in [0.15, 0.2) is 30.5 Å². The van der Waals surface area contributed by atoms with Crippen molar-refractivity contribution in [3.63, 3.8) is 0 Å². The summed E-state index contributed by atoms with van der Waals surface area (Å²) in [5.41, 5.74) is 1.02. The van der Waals surface area contributed by atoms with Crippen molar-refractivity contribution in [3.05, 3.63) is 47.7 Å². The van der Waals surface area contributed by atoms with Crippen molar-refractivity contribution in [1.29, 1.82) is 0 Å². The highest BCUT2D eigenvalue weighted by Gasteiger charge is 2.28. The largest absolute Gasteiger partial charge is 0.350 e. The van der Waals surface area contributed by atoms with Crippen LogP contribution in [0.25, 0.3) is 10.9 Å². The molecule has 0 radical (unpaired) electrons. The number of benzene rings is 1. The molecule has 0 aliphatic rings. The molecular weight excluding hydrogens is 278 g/mol. The highest BCUT2D eigenvalue weighted by Crippen LogP contribution is 2.22. The van der Waals surface area contributed by atoms with E-state index in [0.717, 1.165) is 16.7 Å². The van der Waals surface area contributed by atoms with Crippen molar-refractivity contribution >= 4 is 16.8 Å². The first kappa shape index (κ1) is 14.3. The predicted molar refractivity (Wildman–Crippen MR) is 84.5 cm³/mol. The first-order valence-corrected chi connectivity index (χ1v) is 7.14. The summed E-state index contributed by atoms with van der Waals surface area (Å²) in [6, 6.07) is 7.84. The molecule has 0 spiro atoms. The summed E-state index contributed by atoms with van der Waals surface area (Å²) < 4.78 is 1.95. The Bertz CT molecular complexity index is 843. The lowest BCUT2D eigenvalue weighted by atomic mass is 10.0. The number of aromatic amines is 1. The van der Waals surface area contributed by atoms with E-state index in [2.05, 4.69) is 20.5 Å². The van der Waals surface area contributed by atoms with Crippen LogP contribution in [0.3, 0.4) is 0 Å². The molecule has 3 aromatic rings. The van der Waals surface area contributed by atoms with Gasteiger partial charge in [0, 0.05) is 24.1 Å². The Morgan fingerprint density at radius 2 is 2.05 bits per heavy atom. The molecule has 0 saturated carbocycles. The molecule has 2 N–H and O–H groups in total. The van der Waals surface area contributed by atoms with Gasteiger partial charge in [-0.25, -0.2) is 4.98 Å². The van der Waals surface area contributed by atoms with Crippen molar-refractivity contribution in [2.24, 2.45) is 7.05 Å². The van der Waals surface area contributed by atoms with Gasteiger partial charge < -0.3 is 9.88 Å². The normalized spacial score (nSPS) is 11.8. The number of hydrogen-bond acceptors (Lipinski definition) is 3. The lowest BCUT2D eigenvalue weighted by molar-refractivity contribution is 0.0910. The lowest BCUT2D eigenvalue weighted by Gasteiger charge is -2.22. The number of aromatic nitrogens is 4. The van der Waals surface area contributed by atoms with E-state index in [1.54, 1.807) is 0 Å². The second kappa shape index (κ2) is 4.98. The molecule has 0 aliphatic carbocycles. The van der Waals surface area contributed by atoms with Crippen LogP contribution < -0.4 is 5.32 Å². The maximum Gasteiger partial charge on any atom is 0.254 e. The maximum atomic E-state index is 12.7. The third-order valence-corrected chi connectivity index (χ3v) is 3.72. The van der Waals surface area contributed by atoms with Crippen molar-refractivity contribution in [3.8, 4) is 0 Å². The molecule has 6 heteroatoms. The Morgan fingerprint density at radius 1 is 1.32 bits per heavy atom. The van der Waals surface area contributed by atoms with Crippen LogP contribution in [0.5, 0.6) is 0 Å². The first-order valence-electron chi connectivity index (χ1n) is 7.14. The molecule has 2 heterocycles. The summed E-state index contributed by atoms with van der Waals surface area (Å²) in [6.07, 6.45) is 1.85. The number of carbonyl (C=O) groups excluding carboxylic acids is 1. The Balaban J connectivity index is 1.93. The molecule has 3 rings (SSSR count). The van der Waals surface area contributed by atoms with E-state index in [1.165, 1.54) is 0 Å². The van der Waals surface area contributed by atoms with Crippen molar-refractivity contribution in [2.45, 2.75) is 26.3 Å². The average Bonchev–Trinajstić information content (AvgIpc) is 3.04. The molecule has 0 saturated heterocycles. The maximum absolute atomic E-state index is 12.7. The molecular formula is C16H19N5O. The third kappa shape index (κ3) is 2.36. The molecule has 0 bridgehead atoms. The first-order chi connectivity index (χ1) is 10.4. The third-order valence-electron chi connectivity index (χ3n) is 3.72. The van der Waals surface area contributed by atoms with E-state index in [-0.39, 0.29) is 5.91 Å². The number of hydrogen-bond donors (Lipinski definition) is 2. The summed E-state index contributed by atoms with van der Waals surface area (Å²) in [7, 11) is 1.93. The molecule has 0 unspecified atom stereocenters. The number of para-hydroxylation sites is 1. The molecule has 6 nitrogen and oxygen atoms in total. The summed E-state index contributed by atoms with van der Waals surface area (Å²) >= 11 is 0. The quantitative estimate of drug-likeness (QED) is 0.778. The number of nitrogens with zero attached hydrogens (tertiary/aromatic N) is 3. The number of amides is 1. The molecule has 114 valence electrons. The van der Waals surface area contributed by atoms with Crippen LogP contribution in [-0.4, -0.2) is 25.7 Å². The molecule has 1 aromatic carbocycles. The molecule has 0 aliphatic heterocycles. The summed E-state index contributed by atoms with van der Waals surface area (Å²) in [5, 5.41) is 10.9. The van der Waals surface area contributed by atoms with Crippen LogP contribution >= 0.6 is 0 Å². The van der Waals surface area contributed by atoms with Crippen molar-refractivity contribution in [1.82, 2.24) is 25.1 Å². The fourth-order valence-electron chi connectivity index (χ4n) is 2.55. The molecule has 2 aromatic heterocycles. The minimum Gasteiger partial charge on any atom is -0.350 e. The van der Waals surface area contributed by atoms with Crippen molar-refractivity contribution < 1.29 is 4.79 Å². The zero-order chi connectivity index (χ0) is 15.9. The average molecular weight is 297 g/mol. The number of rotatable bonds is 3. The van der Waals surface area contributed by atoms with E-state index in [9.17, 15) is 4.79 Å². The molecule has 0 fully saturated rings. The van der Waals surface area contributed by atoms with Gasteiger partial charge in [-0.05, 0) is 26.8 Å². The second-order valence-electron chi connectivity index (χ2n) is 5.99. The van der Waals surface area contributed by atoms with Gasteiger partial charge in [0.2, 0.25) is 0 Å². The van der Waals surface area contributed by atoms with Gasteiger partial charge in [-0.15, -0.1) is 0 Å². The standard InChI is InChI=1S/C16H19N5O/c1-10-17-15(20-19-10)16(2,3)18-14(22)12-9-21(4)13-8-6-5-7-11(12)13/h5-9H,1-4H3,(H,18,22)(H,17,19,20). The minimum absolute atomic E-state index is 0.135. The van der Waals surface area contributed by atoms with E-state index in [0.29, 0.717) is 11.4 Å². The number of carbonyl (C=O) groups is 1. The van der Waals surface area contributed by atoms with Crippen LogP contribution in [0.2, 0.25) is 0 Å². The molecule has 1 amide bonds. The second-order valence-corrected chi connectivity index (χ2v) is 5.99. The monoisotopic (exact) mass is 297 g/mol. The smallest absolute Gasteiger partial charge is 0.254 e. The lowest BCUT2D eigenvalue weighted by Crippen LogP contribution is -2.41. The number of H-pyrrole nitrogens is 1. The predicted octanol–water partition coefficient (Wildman–Crippen LogP) is 2.27. The Morgan fingerprint density at radius 3 is 2.73 bits per heavy atom. The van der Waals surface area contributed by atoms with Gasteiger partial charge in [-0.3, -0.25) is 9.89 Å². The Hall–Kier alpha value is -2.63. The Labute approximate surface area is 128 Å². The molecule has 0 atom stereocenters. The van der Waals surface area contributed by atoms with E-state index >= 15 is 0 Å². The zero-order valence-electron chi connectivity index (χ0n) is 13.1. The van der Waals surface area contributed by atoms with Crippen LogP contribution in [0.4, 0.5) is 0 Å². The highest BCUT2D eigenvalue weighted by atomic mass is 16.1. The molecule has 22 heavy (non-hydrogen) atoms. The van der Waals surface area contributed by atoms with Crippen LogP contribution in [-0.2, 0) is 12.6 Å². The Kier molecular flexibility index (Phi) is 3.24. The summed E-state index contributed by atoms with van der Waals surface area (Å²) in [4.78, 5) is 17.0. The topological polar surface area (TPSA) is 75.6 Å². The summed E-state index contributed by atoms with van der Waals surface area (Å²) in [5.74, 6) is 1.16. The van der Waals surface area contributed by atoms with Gasteiger partial charge in [0.15, 0.2) is 5.82 Å². The van der Waals surface area contributed by atoms with E-state index < -0.39 is 5.54 Å². The van der Waals surface area contributed by atoms with Crippen molar-refractivity contribution in [2.75, 3.05) is 0 Å². The minimum atomic E-state index is -0.654.